The molecule has 1 aromatic carbocycles. The Hall–Kier alpha value is -1.77. The minimum Gasteiger partial charge on any atom is -0.451 e. The van der Waals surface area contributed by atoms with Crippen molar-refractivity contribution in [1.82, 2.24) is 0 Å². The lowest BCUT2D eigenvalue weighted by Gasteiger charge is -1.83. The Kier molecular flexibility index (Phi) is 3.29. The average Bonchev–Trinajstić information content (AvgIpc) is 2.64. The number of nitrogens with two attached hydrogens (primary N) is 1. The highest BCUT2D eigenvalue weighted by Gasteiger charge is 2.06. The molecule has 0 fully saturated rings. The molecule has 2 N–H and O–H groups in total. The van der Waals surface area contributed by atoms with Crippen molar-refractivity contribution >= 4 is 16.9 Å². The van der Waals surface area contributed by atoms with Gasteiger partial charge in [-0.3, -0.25) is 4.79 Å². The molecule has 2 rings (SSSR count). The van der Waals surface area contributed by atoms with Gasteiger partial charge in [0.05, 0.1) is 0 Å². The Morgan fingerprint density at radius 1 is 1.29 bits per heavy atom. The molecule has 2 aromatic rings. The zero-order valence-electron chi connectivity index (χ0n) is 8.28. The summed E-state index contributed by atoms with van der Waals surface area (Å²) in [7, 11) is 0. The van der Waals surface area contributed by atoms with E-state index in [1.807, 2.05) is 32.0 Å². The van der Waals surface area contributed by atoms with Crippen LogP contribution in [0.3, 0.4) is 0 Å². The number of hydrogen-bond donors (Lipinski definition) is 1. The number of carbonyl (C=O) groups excluding carboxylic acids is 1. The van der Waals surface area contributed by atoms with E-state index in [2.05, 4.69) is 0 Å². The van der Waals surface area contributed by atoms with Gasteiger partial charge in [-0.1, -0.05) is 32.0 Å². The van der Waals surface area contributed by atoms with Gasteiger partial charge < -0.3 is 10.2 Å². The van der Waals surface area contributed by atoms with Gasteiger partial charge in [0.25, 0.3) is 5.91 Å². The third-order valence-electron chi connectivity index (χ3n) is 1.67. The molecular formula is C11H13NO2. The van der Waals surface area contributed by atoms with E-state index in [1.54, 1.807) is 12.1 Å². The fourth-order valence-electron chi connectivity index (χ4n) is 1.10. The summed E-state index contributed by atoms with van der Waals surface area (Å²) in [5.41, 5.74) is 5.73. The number of amides is 1. The molecule has 3 heteroatoms. The Morgan fingerprint density at radius 2 is 1.93 bits per heavy atom. The van der Waals surface area contributed by atoms with Gasteiger partial charge in [0, 0.05) is 5.39 Å². The van der Waals surface area contributed by atoms with Crippen LogP contribution in [0.4, 0.5) is 0 Å². The molecule has 0 saturated heterocycles. The van der Waals surface area contributed by atoms with Crippen LogP contribution in [0.15, 0.2) is 34.7 Å². The SMILES string of the molecule is CC.NC(=O)c1cc2ccccc2o1. The Balaban J connectivity index is 0.000000461. The lowest BCUT2D eigenvalue weighted by atomic mass is 10.2. The third-order valence-corrected chi connectivity index (χ3v) is 1.67. The molecule has 1 amide bonds. The summed E-state index contributed by atoms with van der Waals surface area (Å²) >= 11 is 0. The van der Waals surface area contributed by atoms with E-state index in [4.69, 9.17) is 10.2 Å². The number of rotatable bonds is 1. The first-order valence-electron chi connectivity index (χ1n) is 4.56. The van der Waals surface area contributed by atoms with E-state index >= 15 is 0 Å². The molecule has 0 aliphatic heterocycles. The van der Waals surface area contributed by atoms with Crippen molar-refractivity contribution in [1.29, 1.82) is 0 Å². The molecule has 1 heterocycles. The van der Waals surface area contributed by atoms with Crippen LogP contribution >= 0.6 is 0 Å². The second kappa shape index (κ2) is 4.46. The maximum absolute atomic E-state index is 10.7. The van der Waals surface area contributed by atoms with Crippen LogP contribution in [-0.2, 0) is 0 Å². The number of furan rings is 1. The summed E-state index contributed by atoms with van der Waals surface area (Å²) in [4.78, 5) is 10.7. The van der Waals surface area contributed by atoms with Gasteiger partial charge in [-0.05, 0) is 12.1 Å². The first-order chi connectivity index (χ1) is 6.77. The van der Waals surface area contributed by atoms with E-state index in [0.29, 0.717) is 5.58 Å². The number of carbonyl (C=O) groups is 1. The zero-order valence-corrected chi connectivity index (χ0v) is 8.28. The van der Waals surface area contributed by atoms with Gasteiger partial charge in [-0.25, -0.2) is 0 Å². The van der Waals surface area contributed by atoms with Crippen LogP contribution in [0.2, 0.25) is 0 Å². The van der Waals surface area contributed by atoms with Crippen LogP contribution in [-0.4, -0.2) is 5.91 Å². The fourth-order valence-corrected chi connectivity index (χ4v) is 1.10. The van der Waals surface area contributed by atoms with Gasteiger partial charge in [0.2, 0.25) is 0 Å². The quantitative estimate of drug-likeness (QED) is 0.753. The maximum Gasteiger partial charge on any atom is 0.284 e. The van der Waals surface area contributed by atoms with Crippen molar-refractivity contribution in [3.05, 3.63) is 36.1 Å². The van der Waals surface area contributed by atoms with Crippen LogP contribution in [0.5, 0.6) is 0 Å². The number of primary amides is 1. The normalized spacial score (nSPS) is 9.29. The predicted molar refractivity (Wildman–Crippen MR) is 56.1 cm³/mol. The second-order valence-corrected chi connectivity index (χ2v) is 2.51. The van der Waals surface area contributed by atoms with Gasteiger partial charge >= 0.3 is 0 Å². The summed E-state index contributed by atoms with van der Waals surface area (Å²) in [5, 5.41) is 0.895. The third kappa shape index (κ3) is 1.93. The lowest BCUT2D eigenvalue weighted by molar-refractivity contribution is 0.0976. The standard InChI is InChI=1S/C9H7NO2.C2H6/c10-9(11)8-5-6-3-1-2-4-7(6)12-8;1-2/h1-5H,(H2,10,11);1-2H3. The molecule has 1 aromatic heterocycles. The summed E-state index contributed by atoms with van der Waals surface area (Å²) in [6.07, 6.45) is 0. The molecular weight excluding hydrogens is 178 g/mol. The maximum atomic E-state index is 10.7. The minimum absolute atomic E-state index is 0.205. The van der Waals surface area contributed by atoms with Crippen LogP contribution < -0.4 is 5.73 Å². The average molecular weight is 191 g/mol. The first-order valence-corrected chi connectivity index (χ1v) is 4.56. The first kappa shape index (κ1) is 10.3. The highest BCUT2D eigenvalue weighted by atomic mass is 16.3. The van der Waals surface area contributed by atoms with E-state index in [9.17, 15) is 4.79 Å². The minimum atomic E-state index is -0.536. The smallest absolute Gasteiger partial charge is 0.284 e. The summed E-state index contributed by atoms with van der Waals surface area (Å²) < 4.78 is 5.15. The zero-order chi connectivity index (χ0) is 10.6. The predicted octanol–water partition coefficient (Wildman–Crippen LogP) is 2.56. The van der Waals surface area contributed by atoms with Crippen molar-refractivity contribution < 1.29 is 9.21 Å². The molecule has 0 unspecified atom stereocenters. The molecule has 0 bridgehead atoms. The van der Waals surface area contributed by atoms with Crippen molar-refractivity contribution in [2.24, 2.45) is 5.73 Å². The van der Waals surface area contributed by atoms with Crippen LogP contribution in [0, 0.1) is 0 Å². The number of benzene rings is 1. The van der Waals surface area contributed by atoms with E-state index in [0.717, 1.165) is 5.39 Å². The molecule has 0 atom stereocenters. The molecule has 3 nitrogen and oxygen atoms in total. The van der Waals surface area contributed by atoms with Crippen molar-refractivity contribution in [3.8, 4) is 0 Å². The monoisotopic (exact) mass is 191 g/mol. The van der Waals surface area contributed by atoms with Gasteiger partial charge in [0.15, 0.2) is 5.76 Å². The fraction of sp³-hybridized carbons (Fsp3) is 0.182. The Labute approximate surface area is 82.5 Å². The van der Waals surface area contributed by atoms with Gasteiger partial charge in [-0.2, -0.15) is 0 Å². The molecule has 0 spiro atoms. The van der Waals surface area contributed by atoms with E-state index in [-0.39, 0.29) is 5.76 Å². The second-order valence-electron chi connectivity index (χ2n) is 2.51. The van der Waals surface area contributed by atoms with E-state index in [1.165, 1.54) is 0 Å². The Morgan fingerprint density at radius 3 is 2.50 bits per heavy atom. The lowest BCUT2D eigenvalue weighted by Crippen LogP contribution is -2.08. The number of fused-ring (bicyclic) bond motifs is 1. The topological polar surface area (TPSA) is 56.2 Å². The molecule has 0 saturated carbocycles. The van der Waals surface area contributed by atoms with Gasteiger partial charge in [0.1, 0.15) is 5.58 Å². The molecule has 0 aliphatic rings. The molecule has 0 radical (unpaired) electrons. The summed E-state index contributed by atoms with van der Waals surface area (Å²) in [6, 6.07) is 9.02. The van der Waals surface area contributed by atoms with E-state index < -0.39 is 5.91 Å². The Bertz CT molecular complexity index is 399. The van der Waals surface area contributed by atoms with Gasteiger partial charge in [-0.15, -0.1) is 0 Å². The highest BCUT2D eigenvalue weighted by Crippen LogP contribution is 2.17. The largest absolute Gasteiger partial charge is 0.451 e. The molecule has 14 heavy (non-hydrogen) atoms. The van der Waals surface area contributed by atoms with Crippen LogP contribution in [0.1, 0.15) is 24.4 Å². The number of hydrogen-bond acceptors (Lipinski definition) is 2. The van der Waals surface area contributed by atoms with Crippen molar-refractivity contribution in [3.63, 3.8) is 0 Å². The number of para-hydroxylation sites is 1. The summed E-state index contributed by atoms with van der Waals surface area (Å²) in [5.74, 6) is -0.331. The molecule has 0 aliphatic carbocycles. The van der Waals surface area contributed by atoms with Crippen molar-refractivity contribution in [2.75, 3.05) is 0 Å². The summed E-state index contributed by atoms with van der Waals surface area (Å²) in [6.45, 7) is 4.00. The van der Waals surface area contributed by atoms with Crippen LogP contribution in [0.25, 0.3) is 11.0 Å². The highest BCUT2D eigenvalue weighted by molar-refractivity contribution is 5.94. The molecule has 74 valence electrons. The van der Waals surface area contributed by atoms with Crippen molar-refractivity contribution in [2.45, 2.75) is 13.8 Å².